The molecule has 4 heteroatoms. The largest absolute Gasteiger partial charge is 0.327 e. The van der Waals surface area contributed by atoms with Gasteiger partial charge in [-0.1, -0.05) is 27.7 Å². The highest BCUT2D eigenvalue weighted by Crippen LogP contribution is 2.21. The molecular formula is C12H22N2S2. The van der Waals surface area contributed by atoms with Crippen molar-refractivity contribution in [3.05, 3.63) is 16.1 Å². The quantitative estimate of drug-likeness (QED) is 0.851. The average molecular weight is 258 g/mol. The van der Waals surface area contributed by atoms with E-state index in [9.17, 15) is 0 Å². The first kappa shape index (κ1) is 14.0. The molecule has 0 fully saturated rings. The van der Waals surface area contributed by atoms with Gasteiger partial charge in [0.25, 0.3) is 0 Å². The third-order valence-electron chi connectivity index (χ3n) is 2.44. The second-order valence-electron chi connectivity index (χ2n) is 4.70. The summed E-state index contributed by atoms with van der Waals surface area (Å²) in [5.41, 5.74) is 7.20. The molecule has 1 aromatic heterocycles. The molecule has 16 heavy (non-hydrogen) atoms. The SMILES string of the molecule is CC(C)SCc1nc(CC(N)C(C)C)cs1. The predicted molar refractivity (Wildman–Crippen MR) is 75.1 cm³/mol. The lowest BCUT2D eigenvalue weighted by Crippen LogP contribution is -2.28. The zero-order chi connectivity index (χ0) is 12.1. The number of nitrogens with zero attached hydrogens (tertiary/aromatic N) is 1. The zero-order valence-corrected chi connectivity index (χ0v) is 12.2. The number of nitrogens with two attached hydrogens (primary N) is 1. The van der Waals surface area contributed by atoms with E-state index in [0.717, 1.165) is 17.9 Å². The van der Waals surface area contributed by atoms with Crippen molar-refractivity contribution in [1.82, 2.24) is 4.98 Å². The Kier molecular flexibility index (Phi) is 5.79. The van der Waals surface area contributed by atoms with Crippen molar-refractivity contribution >= 4 is 23.1 Å². The van der Waals surface area contributed by atoms with E-state index >= 15 is 0 Å². The molecule has 0 saturated carbocycles. The summed E-state index contributed by atoms with van der Waals surface area (Å²) in [6.07, 6.45) is 0.903. The maximum atomic E-state index is 6.04. The molecule has 0 amide bonds. The molecule has 2 N–H and O–H groups in total. The highest BCUT2D eigenvalue weighted by molar-refractivity contribution is 7.99. The van der Waals surface area contributed by atoms with Gasteiger partial charge in [0, 0.05) is 23.6 Å². The van der Waals surface area contributed by atoms with E-state index in [1.165, 1.54) is 5.01 Å². The Morgan fingerprint density at radius 1 is 1.38 bits per heavy atom. The standard InChI is InChI=1S/C12H22N2S2/c1-8(2)11(13)5-10-6-16-12(14-10)7-15-9(3)4/h6,8-9,11H,5,7,13H2,1-4H3. The van der Waals surface area contributed by atoms with Crippen molar-refractivity contribution in [2.45, 2.75) is 51.2 Å². The number of thiazole rings is 1. The molecule has 0 spiro atoms. The van der Waals surface area contributed by atoms with E-state index in [2.05, 4.69) is 38.1 Å². The van der Waals surface area contributed by atoms with Crippen LogP contribution in [0, 0.1) is 5.92 Å². The molecule has 0 aliphatic carbocycles. The molecule has 1 unspecified atom stereocenters. The van der Waals surface area contributed by atoms with Gasteiger partial charge in [0.05, 0.1) is 5.69 Å². The first-order valence-electron chi connectivity index (χ1n) is 5.79. The van der Waals surface area contributed by atoms with Crippen LogP contribution in [-0.4, -0.2) is 16.3 Å². The fraction of sp³-hybridized carbons (Fsp3) is 0.750. The number of aromatic nitrogens is 1. The highest BCUT2D eigenvalue weighted by Gasteiger charge is 2.11. The second-order valence-corrected chi connectivity index (χ2v) is 7.21. The Bertz CT molecular complexity index is 308. The minimum absolute atomic E-state index is 0.229. The zero-order valence-electron chi connectivity index (χ0n) is 10.6. The van der Waals surface area contributed by atoms with E-state index in [-0.39, 0.29) is 6.04 Å². The second kappa shape index (κ2) is 6.62. The molecule has 0 radical (unpaired) electrons. The summed E-state index contributed by atoms with van der Waals surface area (Å²) in [4.78, 5) is 4.62. The van der Waals surface area contributed by atoms with E-state index in [1.807, 2.05) is 11.8 Å². The van der Waals surface area contributed by atoms with Crippen LogP contribution in [0.25, 0.3) is 0 Å². The molecule has 1 aromatic rings. The maximum absolute atomic E-state index is 6.04. The summed E-state index contributed by atoms with van der Waals surface area (Å²) >= 11 is 3.70. The van der Waals surface area contributed by atoms with Crippen LogP contribution in [-0.2, 0) is 12.2 Å². The van der Waals surface area contributed by atoms with Crippen LogP contribution >= 0.6 is 23.1 Å². The monoisotopic (exact) mass is 258 g/mol. The summed E-state index contributed by atoms with van der Waals surface area (Å²) < 4.78 is 0. The normalized spacial score (nSPS) is 13.7. The minimum Gasteiger partial charge on any atom is -0.327 e. The highest BCUT2D eigenvalue weighted by atomic mass is 32.2. The third-order valence-corrected chi connectivity index (χ3v) is 4.63. The van der Waals surface area contributed by atoms with Gasteiger partial charge in [-0.05, 0) is 11.2 Å². The molecule has 0 saturated heterocycles. The first-order chi connectivity index (χ1) is 7.49. The topological polar surface area (TPSA) is 38.9 Å². The Morgan fingerprint density at radius 3 is 2.62 bits per heavy atom. The molecule has 0 aromatic carbocycles. The fourth-order valence-electron chi connectivity index (χ4n) is 1.22. The summed E-state index contributed by atoms with van der Waals surface area (Å²) in [5, 5.41) is 4.05. The lowest BCUT2D eigenvalue weighted by molar-refractivity contribution is 0.487. The fourth-order valence-corrected chi connectivity index (χ4v) is 2.83. The van der Waals surface area contributed by atoms with Crippen LogP contribution in [0.15, 0.2) is 5.38 Å². The Hall–Kier alpha value is -0.0600. The van der Waals surface area contributed by atoms with E-state index < -0.39 is 0 Å². The van der Waals surface area contributed by atoms with Gasteiger partial charge in [-0.3, -0.25) is 0 Å². The smallest absolute Gasteiger partial charge is 0.103 e. The van der Waals surface area contributed by atoms with Gasteiger partial charge in [-0.25, -0.2) is 4.98 Å². The van der Waals surface area contributed by atoms with Crippen LogP contribution < -0.4 is 5.73 Å². The Labute approximate surface area is 107 Å². The third kappa shape index (κ3) is 4.85. The summed E-state index contributed by atoms with van der Waals surface area (Å²) in [6.45, 7) is 8.75. The van der Waals surface area contributed by atoms with Crippen LogP contribution in [0.2, 0.25) is 0 Å². The van der Waals surface area contributed by atoms with Crippen LogP contribution in [0.3, 0.4) is 0 Å². The van der Waals surface area contributed by atoms with E-state index in [1.54, 1.807) is 11.3 Å². The minimum atomic E-state index is 0.229. The van der Waals surface area contributed by atoms with Gasteiger partial charge in [0.15, 0.2) is 0 Å². The maximum Gasteiger partial charge on any atom is 0.103 e. The molecule has 1 atom stereocenters. The Morgan fingerprint density at radius 2 is 2.06 bits per heavy atom. The number of hydrogen-bond acceptors (Lipinski definition) is 4. The van der Waals surface area contributed by atoms with Crippen molar-refractivity contribution < 1.29 is 0 Å². The molecular weight excluding hydrogens is 236 g/mol. The van der Waals surface area contributed by atoms with Crippen molar-refractivity contribution in [2.24, 2.45) is 11.7 Å². The number of hydrogen-bond donors (Lipinski definition) is 1. The van der Waals surface area contributed by atoms with Crippen molar-refractivity contribution in [3.8, 4) is 0 Å². The van der Waals surface area contributed by atoms with Crippen molar-refractivity contribution in [1.29, 1.82) is 0 Å². The molecule has 0 aliphatic heterocycles. The summed E-state index contributed by atoms with van der Waals surface area (Å²) in [7, 11) is 0. The average Bonchev–Trinajstić information content (AvgIpc) is 2.62. The van der Waals surface area contributed by atoms with Gasteiger partial charge >= 0.3 is 0 Å². The number of thioether (sulfide) groups is 1. The lowest BCUT2D eigenvalue weighted by Gasteiger charge is -2.13. The van der Waals surface area contributed by atoms with Crippen molar-refractivity contribution in [2.75, 3.05) is 0 Å². The van der Waals surface area contributed by atoms with E-state index in [4.69, 9.17) is 5.73 Å². The lowest BCUT2D eigenvalue weighted by atomic mass is 10.0. The molecule has 0 aliphatic rings. The molecule has 2 nitrogen and oxygen atoms in total. The van der Waals surface area contributed by atoms with Gasteiger partial charge < -0.3 is 5.73 Å². The predicted octanol–water partition coefficient (Wildman–Crippen LogP) is 3.31. The van der Waals surface area contributed by atoms with Crippen LogP contribution in [0.1, 0.15) is 38.4 Å². The van der Waals surface area contributed by atoms with Crippen molar-refractivity contribution in [3.63, 3.8) is 0 Å². The van der Waals surface area contributed by atoms with Crippen LogP contribution in [0.4, 0.5) is 0 Å². The molecule has 0 bridgehead atoms. The summed E-state index contributed by atoms with van der Waals surface area (Å²) in [6, 6.07) is 0.229. The Balaban J connectivity index is 2.45. The summed E-state index contributed by atoms with van der Waals surface area (Å²) in [5.74, 6) is 1.55. The van der Waals surface area contributed by atoms with Gasteiger partial charge in [-0.15, -0.1) is 11.3 Å². The van der Waals surface area contributed by atoms with E-state index in [0.29, 0.717) is 11.2 Å². The van der Waals surface area contributed by atoms with Gasteiger partial charge in [0.1, 0.15) is 5.01 Å². The molecule has 1 rings (SSSR count). The first-order valence-corrected chi connectivity index (χ1v) is 7.72. The molecule has 1 heterocycles. The number of rotatable bonds is 6. The van der Waals surface area contributed by atoms with Crippen LogP contribution in [0.5, 0.6) is 0 Å². The van der Waals surface area contributed by atoms with Gasteiger partial charge in [0.2, 0.25) is 0 Å². The molecule has 92 valence electrons. The van der Waals surface area contributed by atoms with Gasteiger partial charge in [-0.2, -0.15) is 11.8 Å².